The Morgan fingerprint density at radius 1 is 0.686 bits per heavy atom. The molecule has 0 aromatic heterocycles. The molecule has 35 heavy (non-hydrogen) atoms. The Morgan fingerprint density at radius 3 is 1.66 bits per heavy atom. The average molecular weight is 480 g/mol. The largest absolute Gasteiger partial charge is 0.372 e. The maximum Gasteiger partial charge on any atom is 0.312 e. The van der Waals surface area contributed by atoms with Gasteiger partial charge in [0.15, 0.2) is 0 Å². The summed E-state index contributed by atoms with van der Waals surface area (Å²) in [6, 6.07) is 16.9. The molecule has 3 rings (SSSR count). The van der Waals surface area contributed by atoms with Gasteiger partial charge in [-0.15, -0.1) is 0 Å². The highest BCUT2D eigenvalue weighted by Gasteiger charge is 2.32. The van der Waals surface area contributed by atoms with Gasteiger partial charge in [0.1, 0.15) is 0 Å². The third kappa shape index (κ3) is 6.98. The lowest BCUT2D eigenvalue weighted by atomic mass is 10.1. The molecular weight excluding hydrogens is 438 g/mol. The summed E-state index contributed by atoms with van der Waals surface area (Å²) < 4.78 is 0. The van der Waals surface area contributed by atoms with Gasteiger partial charge >= 0.3 is 11.8 Å². The summed E-state index contributed by atoms with van der Waals surface area (Å²) >= 11 is 0. The number of hydrogen-bond acceptors (Lipinski definition) is 5. The summed E-state index contributed by atoms with van der Waals surface area (Å²) in [4.78, 5) is 33.3. The molecule has 0 atom stereocenters. The fourth-order valence-corrected chi connectivity index (χ4v) is 4.56. The minimum Gasteiger partial charge on any atom is -0.372 e. The molecule has 2 aromatic carbocycles. The lowest BCUT2D eigenvalue weighted by Crippen LogP contribution is -2.55. The second kappa shape index (κ2) is 13.1. The van der Waals surface area contributed by atoms with Crippen molar-refractivity contribution in [1.29, 1.82) is 0 Å². The number of rotatable bonds is 13. The van der Waals surface area contributed by atoms with Crippen molar-refractivity contribution in [2.75, 3.05) is 62.2 Å². The first-order chi connectivity index (χ1) is 17.0. The van der Waals surface area contributed by atoms with Gasteiger partial charge in [0.2, 0.25) is 0 Å². The number of benzene rings is 2. The normalized spacial score (nSPS) is 13.9. The molecule has 1 aliphatic rings. The summed E-state index contributed by atoms with van der Waals surface area (Å²) in [5, 5.41) is 3.40. The van der Waals surface area contributed by atoms with Crippen molar-refractivity contribution in [3.63, 3.8) is 0 Å². The number of piperazine rings is 1. The van der Waals surface area contributed by atoms with Gasteiger partial charge in [-0.25, -0.2) is 0 Å². The third-order valence-electron chi connectivity index (χ3n) is 6.79. The fourth-order valence-electron chi connectivity index (χ4n) is 4.56. The van der Waals surface area contributed by atoms with Crippen LogP contribution in [0.2, 0.25) is 0 Å². The number of carbonyl (C=O) groups excluding carboxylic acids is 2. The summed E-state index contributed by atoms with van der Waals surface area (Å²) in [7, 11) is 0. The second-order valence-corrected chi connectivity index (χ2v) is 8.87. The third-order valence-corrected chi connectivity index (χ3v) is 6.79. The Kier molecular flexibility index (Phi) is 9.97. The monoisotopic (exact) mass is 479 g/mol. The van der Waals surface area contributed by atoms with E-state index in [9.17, 15) is 9.59 Å². The molecule has 0 unspecified atom stereocenters. The highest BCUT2D eigenvalue weighted by atomic mass is 16.2. The molecular formula is C28H41N5O2. The lowest BCUT2D eigenvalue weighted by Gasteiger charge is -2.34. The van der Waals surface area contributed by atoms with E-state index in [-0.39, 0.29) is 0 Å². The van der Waals surface area contributed by atoms with Crippen LogP contribution in [0.5, 0.6) is 0 Å². The van der Waals surface area contributed by atoms with Crippen LogP contribution in [0.3, 0.4) is 0 Å². The first kappa shape index (κ1) is 26.5. The van der Waals surface area contributed by atoms with Crippen LogP contribution in [-0.4, -0.2) is 74.0 Å². The molecule has 1 N–H and O–H groups in total. The zero-order valence-electron chi connectivity index (χ0n) is 21.8. The van der Waals surface area contributed by atoms with E-state index in [0.29, 0.717) is 32.7 Å². The summed E-state index contributed by atoms with van der Waals surface area (Å²) in [6.07, 6.45) is 0. The molecule has 0 bridgehead atoms. The minimum absolute atomic E-state index is 0.401. The molecule has 1 aliphatic heterocycles. The van der Waals surface area contributed by atoms with Gasteiger partial charge in [-0.05, 0) is 63.1 Å². The molecule has 0 spiro atoms. The van der Waals surface area contributed by atoms with Crippen molar-refractivity contribution in [3.05, 3.63) is 59.7 Å². The van der Waals surface area contributed by atoms with Crippen LogP contribution < -0.4 is 15.1 Å². The molecule has 0 radical (unpaired) electrons. The van der Waals surface area contributed by atoms with Crippen LogP contribution in [-0.2, 0) is 22.7 Å². The summed E-state index contributed by atoms with van der Waals surface area (Å²) in [5.41, 5.74) is 4.67. The van der Waals surface area contributed by atoms with Gasteiger partial charge in [-0.2, -0.15) is 0 Å². The Hall–Kier alpha value is -3.06. The van der Waals surface area contributed by atoms with E-state index in [2.05, 4.69) is 91.3 Å². The lowest BCUT2D eigenvalue weighted by molar-refractivity contribution is -0.156. The summed E-state index contributed by atoms with van der Waals surface area (Å²) in [6.45, 7) is 16.1. The summed E-state index contributed by atoms with van der Waals surface area (Å²) in [5.74, 6) is -0.808. The smallest absolute Gasteiger partial charge is 0.312 e. The Morgan fingerprint density at radius 2 is 1.14 bits per heavy atom. The van der Waals surface area contributed by atoms with Crippen molar-refractivity contribution in [3.8, 4) is 0 Å². The predicted molar refractivity (Wildman–Crippen MR) is 144 cm³/mol. The van der Waals surface area contributed by atoms with Crippen molar-refractivity contribution >= 4 is 23.2 Å². The van der Waals surface area contributed by atoms with Gasteiger partial charge in [-0.1, -0.05) is 24.3 Å². The second-order valence-electron chi connectivity index (χ2n) is 8.87. The van der Waals surface area contributed by atoms with Gasteiger partial charge < -0.3 is 24.9 Å². The van der Waals surface area contributed by atoms with Crippen LogP contribution in [0.1, 0.15) is 38.8 Å². The quantitative estimate of drug-likeness (QED) is 0.353. The van der Waals surface area contributed by atoms with E-state index >= 15 is 0 Å². The number of anilines is 2. The number of hydrogen-bond donors (Lipinski definition) is 1. The highest BCUT2D eigenvalue weighted by molar-refractivity contribution is 6.35. The predicted octanol–water partition coefficient (Wildman–Crippen LogP) is 3.34. The first-order valence-corrected chi connectivity index (χ1v) is 13.0. The standard InChI is InChI=1S/C28H41N5O2/c1-5-30(6-2)25-13-9-23(10-14-25)21-29-17-18-32-19-20-33(28(35)27(32)34)22-24-11-15-26(16-12-24)31(7-3)8-4/h9-16,29H,5-8,17-22H2,1-4H3. The maximum absolute atomic E-state index is 12.7. The average Bonchev–Trinajstić information content (AvgIpc) is 2.89. The van der Waals surface area contributed by atoms with Crippen LogP contribution in [0.25, 0.3) is 0 Å². The van der Waals surface area contributed by atoms with Crippen LogP contribution in [0.4, 0.5) is 11.4 Å². The Labute approximate surface area is 210 Å². The molecule has 1 saturated heterocycles. The van der Waals surface area contributed by atoms with Gasteiger partial charge in [0.25, 0.3) is 0 Å². The van der Waals surface area contributed by atoms with Gasteiger partial charge in [0, 0.05) is 76.8 Å². The molecule has 190 valence electrons. The van der Waals surface area contributed by atoms with Crippen molar-refractivity contribution in [2.45, 2.75) is 40.8 Å². The number of nitrogens with zero attached hydrogens (tertiary/aromatic N) is 4. The van der Waals surface area contributed by atoms with Crippen LogP contribution in [0.15, 0.2) is 48.5 Å². The van der Waals surface area contributed by atoms with Crippen LogP contribution in [0, 0.1) is 0 Å². The molecule has 7 heteroatoms. The van der Waals surface area contributed by atoms with E-state index < -0.39 is 11.8 Å². The maximum atomic E-state index is 12.7. The fraction of sp³-hybridized carbons (Fsp3) is 0.500. The number of nitrogens with one attached hydrogen (secondary N) is 1. The van der Waals surface area contributed by atoms with Gasteiger partial charge in [0.05, 0.1) is 0 Å². The Balaban J connectivity index is 1.43. The molecule has 1 fully saturated rings. The number of amides is 2. The topological polar surface area (TPSA) is 59.1 Å². The van der Waals surface area contributed by atoms with Crippen molar-refractivity contribution in [2.24, 2.45) is 0 Å². The van der Waals surface area contributed by atoms with Crippen molar-refractivity contribution < 1.29 is 9.59 Å². The molecule has 2 amide bonds. The van der Waals surface area contributed by atoms with Crippen LogP contribution >= 0.6 is 0 Å². The Bertz CT molecular complexity index is 935. The molecule has 0 aliphatic carbocycles. The number of carbonyl (C=O) groups is 2. The van der Waals surface area contributed by atoms with E-state index in [1.165, 1.54) is 16.9 Å². The van der Waals surface area contributed by atoms with Crippen molar-refractivity contribution in [1.82, 2.24) is 15.1 Å². The van der Waals surface area contributed by atoms with E-state index in [1.807, 2.05) is 0 Å². The zero-order valence-corrected chi connectivity index (χ0v) is 21.8. The molecule has 7 nitrogen and oxygen atoms in total. The van der Waals surface area contributed by atoms with Gasteiger partial charge in [-0.3, -0.25) is 9.59 Å². The molecule has 2 aromatic rings. The van der Waals surface area contributed by atoms with E-state index in [0.717, 1.165) is 38.3 Å². The first-order valence-electron chi connectivity index (χ1n) is 13.0. The highest BCUT2D eigenvalue weighted by Crippen LogP contribution is 2.18. The zero-order chi connectivity index (χ0) is 25.2. The SMILES string of the molecule is CCN(CC)c1ccc(CNCCN2CCN(Cc3ccc(N(CC)CC)cc3)C(=O)C2=O)cc1. The van der Waals surface area contributed by atoms with E-state index in [4.69, 9.17) is 0 Å². The minimum atomic E-state index is -0.406. The molecule has 0 saturated carbocycles. The molecule has 1 heterocycles. The van der Waals surface area contributed by atoms with E-state index in [1.54, 1.807) is 9.80 Å².